The van der Waals surface area contributed by atoms with Gasteiger partial charge in [-0.25, -0.2) is 12.8 Å². The standard InChI is InChI=1S/C22H20ClFN2O3S/c23-20-9-5-4-8-17(20)15-25-22(27)21(14-16-6-2-1-3-7-16)26-30(28,29)19-12-10-18(24)11-13-19/h1-13,21,26H,14-15H2,(H,25,27)/t21-/m0/s1. The predicted octanol–water partition coefficient (Wildman–Crippen LogP) is 3.69. The smallest absolute Gasteiger partial charge is 0.241 e. The van der Waals surface area contributed by atoms with Crippen LogP contribution in [0.4, 0.5) is 4.39 Å². The Balaban J connectivity index is 1.79. The number of benzene rings is 3. The number of carbonyl (C=O) groups is 1. The van der Waals surface area contributed by atoms with Crippen LogP contribution in [0.2, 0.25) is 5.02 Å². The Morgan fingerprint density at radius 3 is 2.23 bits per heavy atom. The molecule has 0 aromatic heterocycles. The molecule has 0 saturated carbocycles. The van der Waals surface area contributed by atoms with Gasteiger partial charge < -0.3 is 5.32 Å². The molecule has 3 rings (SSSR count). The number of halogens is 2. The molecule has 0 aliphatic heterocycles. The first-order chi connectivity index (χ1) is 14.3. The van der Waals surface area contributed by atoms with E-state index in [0.717, 1.165) is 29.8 Å². The van der Waals surface area contributed by atoms with E-state index in [9.17, 15) is 17.6 Å². The number of amides is 1. The first-order valence-electron chi connectivity index (χ1n) is 9.18. The molecule has 0 unspecified atom stereocenters. The largest absolute Gasteiger partial charge is 0.351 e. The van der Waals surface area contributed by atoms with Crippen LogP contribution >= 0.6 is 11.6 Å². The van der Waals surface area contributed by atoms with Gasteiger partial charge in [-0.1, -0.05) is 60.1 Å². The quantitative estimate of drug-likeness (QED) is 0.554. The molecule has 1 atom stereocenters. The summed E-state index contributed by atoms with van der Waals surface area (Å²) >= 11 is 6.12. The zero-order valence-corrected chi connectivity index (χ0v) is 17.5. The number of sulfonamides is 1. The van der Waals surface area contributed by atoms with Gasteiger partial charge >= 0.3 is 0 Å². The lowest BCUT2D eigenvalue weighted by Gasteiger charge is -2.19. The summed E-state index contributed by atoms with van der Waals surface area (Å²) in [6, 6.07) is 19.5. The summed E-state index contributed by atoms with van der Waals surface area (Å²) in [6.07, 6.45) is 0.148. The molecule has 8 heteroatoms. The van der Waals surface area contributed by atoms with Crippen LogP contribution in [-0.4, -0.2) is 20.4 Å². The highest BCUT2D eigenvalue weighted by molar-refractivity contribution is 7.89. The third-order valence-corrected chi connectivity index (χ3v) is 6.29. The number of hydrogen-bond acceptors (Lipinski definition) is 3. The van der Waals surface area contributed by atoms with E-state index in [1.807, 2.05) is 18.2 Å². The second-order valence-electron chi connectivity index (χ2n) is 6.63. The highest BCUT2D eigenvalue weighted by atomic mass is 35.5. The summed E-state index contributed by atoms with van der Waals surface area (Å²) < 4.78 is 41.1. The van der Waals surface area contributed by atoms with Crippen molar-refractivity contribution in [3.63, 3.8) is 0 Å². The van der Waals surface area contributed by atoms with Gasteiger partial charge in [-0.2, -0.15) is 4.72 Å². The lowest BCUT2D eigenvalue weighted by molar-refractivity contribution is -0.122. The SMILES string of the molecule is O=C(NCc1ccccc1Cl)[C@H](Cc1ccccc1)NS(=O)(=O)c1ccc(F)cc1. The van der Waals surface area contributed by atoms with Crippen molar-refractivity contribution in [2.45, 2.75) is 23.9 Å². The molecule has 1 amide bonds. The molecule has 5 nitrogen and oxygen atoms in total. The zero-order valence-electron chi connectivity index (χ0n) is 15.9. The zero-order chi connectivity index (χ0) is 21.6. The summed E-state index contributed by atoms with van der Waals surface area (Å²) in [5.41, 5.74) is 1.50. The van der Waals surface area contributed by atoms with Crippen LogP contribution in [0.1, 0.15) is 11.1 Å². The van der Waals surface area contributed by atoms with E-state index in [4.69, 9.17) is 11.6 Å². The van der Waals surface area contributed by atoms with E-state index in [-0.39, 0.29) is 17.9 Å². The van der Waals surface area contributed by atoms with E-state index in [0.29, 0.717) is 10.6 Å². The van der Waals surface area contributed by atoms with Crippen LogP contribution in [-0.2, 0) is 27.8 Å². The molecule has 0 spiro atoms. The van der Waals surface area contributed by atoms with Gasteiger partial charge in [0.25, 0.3) is 0 Å². The second kappa shape index (κ2) is 9.84. The fourth-order valence-electron chi connectivity index (χ4n) is 2.85. The third-order valence-electron chi connectivity index (χ3n) is 4.43. The maximum Gasteiger partial charge on any atom is 0.241 e. The van der Waals surface area contributed by atoms with Crippen molar-refractivity contribution in [3.05, 3.63) is 101 Å². The van der Waals surface area contributed by atoms with Crippen molar-refractivity contribution in [3.8, 4) is 0 Å². The van der Waals surface area contributed by atoms with Gasteiger partial charge in [0.1, 0.15) is 11.9 Å². The molecule has 2 N–H and O–H groups in total. The van der Waals surface area contributed by atoms with Gasteiger partial charge in [0.2, 0.25) is 15.9 Å². The van der Waals surface area contributed by atoms with Gasteiger partial charge in [0.05, 0.1) is 4.90 Å². The molecule has 0 aliphatic rings. The maximum atomic E-state index is 13.2. The molecule has 3 aromatic carbocycles. The molecule has 156 valence electrons. The van der Waals surface area contributed by atoms with Crippen LogP contribution in [0.5, 0.6) is 0 Å². The number of carbonyl (C=O) groups excluding carboxylic acids is 1. The van der Waals surface area contributed by atoms with E-state index >= 15 is 0 Å². The van der Waals surface area contributed by atoms with Crippen molar-refractivity contribution >= 4 is 27.5 Å². The fourth-order valence-corrected chi connectivity index (χ4v) is 4.25. The minimum atomic E-state index is -4.04. The number of hydrogen-bond donors (Lipinski definition) is 2. The number of nitrogens with one attached hydrogen (secondary N) is 2. The molecule has 0 radical (unpaired) electrons. The van der Waals surface area contributed by atoms with Crippen LogP contribution in [0.3, 0.4) is 0 Å². The predicted molar refractivity (Wildman–Crippen MR) is 114 cm³/mol. The van der Waals surface area contributed by atoms with E-state index in [1.165, 1.54) is 0 Å². The Labute approximate surface area is 179 Å². The van der Waals surface area contributed by atoms with Gasteiger partial charge in [-0.05, 0) is 47.9 Å². The topological polar surface area (TPSA) is 75.3 Å². The Bertz CT molecular complexity index is 1110. The molecule has 30 heavy (non-hydrogen) atoms. The third kappa shape index (κ3) is 5.89. The van der Waals surface area contributed by atoms with Gasteiger partial charge in [0.15, 0.2) is 0 Å². The molecule has 0 heterocycles. The lowest BCUT2D eigenvalue weighted by atomic mass is 10.1. The summed E-state index contributed by atoms with van der Waals surface area (Å²) in [7, 11) is -4.04. The minimum Gasteiger partial charge on any atom is -0.351 e. The van der Waals surface area contributed by atoms with Gasteiger partial charge in [-0.3, -0.25) is 4.79 Å². The van der Waals surface area contributed by atoms with Crippen molar-refractivity contribution in [1.29, 1.82) is 0 Å². The van der Waals surface area contributed by atoms with Gasteiger partial charge in [-0.15, -0.1) is 0 Å². The molecule has 3 aromatic rings. The van der Waals surface area contributed by atoms with Crippen molar-refractivity contribution in [2.75, 3.05) is 0 Å². The highest BCUT2D eigenvalue weighted by Crippen LogP contribution is 2.15. The van der Waals surface area contributed by atoms with Crippen molar-refractivity contribution in [2.24, 2.45) is 0 Å². The van der Waals surface area contributed by atoms with Crippen molar-refractivity contribution < 1.29 is 17.6 Å². The average Bonchev–Trinajstić information content (AvgIpc) is 2.73. The molecule has 0 fully saturated rings. The summed E-state index contributed by atoms with van der Waals surface area (Å²) in [5.74, 6) is -1.04. The first-order valence-corrected chi connectivity index (χ1v) is 11.0. The normalized spacial score (nSPS) is 12.3. The molecular formula is C22H20ClFN2O3S. The van der Waals surface area contributed by atoms with Crippen molar-refractivity contribution in [1.82, 2.24) is 10.0 Å². The Kier molecular flexibility index (Phi) is 7.20. The van der Waals surface area contributed by atoms with Crippen LogP contribution in [0, 0.1) is 5.82 Å². The molecule has 0 aliphatic carbocycles. The summed E-state index contributed by atoms with van der Waals surface area (Å²) in [6.45, 7) is 0.155. The van der Waals surface area contributed by atoms with Crippen LogP contribution in [0.15, 0.2) is 83.8 Å². The van der Waals surface area contributed by atoms with E-state index in [1.54, 1.807) is 36.4 Å². The molecule has 0 bridgehead atoms. The molecule has 0 saturated heterocycles. The fraction of sp³-hybridized carbons (Fsp3) is 0.136. The minimum absolute atomic E-state index is 0.124. The molecular weight excluding hydrogens is 427 g/mol. The van der Waals surface area contributed by atoms with Crippen LogP contribution in [0.25, 0.3) is 0 Å². The lowest BCUT2D eigenvalue weighted by Crippen LogP contribution is -2.47. The Morgan fingerprint density at radius 2 is 1.57 bits per heavy atom. The Hall–Kier alpha value is -2.74. The van der Waals surface area contributed by atoms with Gasteiger partial charge in [0, 0.05) is 11.6 Å². The first kappa shape index (κ1) is 22.0. The summed E-state index contributed by atoms with van der Waals surface area (Å²) in [5, 5.41) is 3.24. The van der Waals surface area contributed by atoms with Crippen LogP contribution < -0.4 is 10.0 Å². The number of rotatable bonds is 8. The van der Waals surface area contributed by atoms with E-state index < -0.39 is 27.8 Å². The highest BCUT2D eigenvalue weighted by Gasteiger charge is 2.26. The monoisotopic (exact) mass is 446 g/mol. The Morgan fingerprint density at radius 1 is 0.933 bits per heavy atom. The average molecular weight is 447 g/mol. The summed E-state index contributed by atoms with van der Waals surface area (Å²) in [4.78, 5) is 12.7. The second-order valence-corrected chi connectivity index (χ2v) is 8.75. The van der Waals surface area contributed by atoms with E-state index in [2.05, 4.69) is 10.0 Å². The maximum absolute atomic E-state index is 13.2.